The number of nitroso groups, excluding NO2 is 1. The van der Waals surface area contributed by atoms with Gasteiger partial charge in [0.2, 0.25) is 0 Å². The third kappa shape index (κ3) is 1.45. The van der Waals surface area contributed by atoms with Gasteiger partial charge in [0.25, 0.3) is 0 Å². The molecule has 0 amide bonds. The second-order valence-electron chi connectivity index (χ2n) is 1.29. The van der Waals surface area contributed by atoms with Gasteiger partial charge in [-0.2, -0.15) is 0 Å². The first-order valence-electron chi connectivity index (χ1n) is 2.28. The maximum absolute atomic E-state index is 9.55. The van der Waals surface area contributed by atoms with Crippen molar-refractivity contribution < 1.29 is 0 Å². The predicted octanol–water partition coefficient (Wildman–Crippen LogP) is 0.570. The second-order valence-corrected chi connectivity index (χ2v) is 1.29. The number of hydrogen-bond donors (Lipinski definition) is 1. The molecule has 0 radical (unpaired) electrons. The number of aromatic nitrogens is 2. The summed E-state index contributed by atoms with van der Waals surface area (Å²) in [5, 5.41) is 2.40. The van der Waals surface area contributed by atoms with Crippen molar-refractivity contribution in [1.82, 2.24) is 9.97 Å². The van der Waals surface area contributed by atoms with Crippen molar-refractivity contribution in [3.8, 4) is 0 Å². The van der Waals surface area contributed by atoms with Gasteiger partial charge >= 0.3 is 0 Å². The Balaban J connectivity index is 2.72. The topological polar surface area (TPSA) is 67.2 Å². The lowest BCUT2D eigenvalue weighted by molar-refractivity contribution is 1.15. The molecule has 1 heterocycles. The van der Waals surface area contributed by atoms with Crippen LogP contribution in [0.5, 0.6) is 0 Å². The van der Waals surface area contributed by atoms with Gasteiger partial charge in [-0.15, -0.1) is 4.91 Å². The molecule has 0 aromatic carbocycles. The number of rotatable bonds is 2. The van der Waals surface area contributed by atoms with Gasteiger partial charge in [-0.3, -0.25) is 4.98 Å². The number of nitrogens with one attached hydrogen (secondary N) is 1. The Bertz CT molecular complexity index is 187. The standard InChI is InChI=1S/C4H4N4O/c9-8-7-4-3-5-1-2-6-4/h1-3H,(H,6,7,9). The Hall–Kier alpha value is -1.52. The van der Waals surface area contributed by atoms with Crippen LogP contribution in [0.2, 0.25) is 0 Å². The molecule has 5 heteroatoms. The smallest absolute Gasteiger partial charge is 0.167 e. The lowest BCUT2D eigenvalue weighted by atomic mass is 10.7. The summed E-state index contributed by atoms with van der Waals surface area (Å²) in [7, 11) is 0. The van der Waals surface area contributed by atoms with Gasteiger partial charge in [-0.05, 0) is 0 Å². The van der Waals surface area contributed by atoms with Gasteiger partial charge in [-0.1, -0.05) is 0 Å². The molecule has 1 aromatic heterocycles. The summed E-state index contributed by atoms with van der Waals surface area (Å²) in [6.45, 7) is 0. The van der Waals surface area contributed by atoms with Crippen molar-refractivity contribution in [2.75, 3.05) is 5.43 Å². The molecule has 1 N–H and O–H groups in total. The van der Waals surface area contributed by atoms with E-state index in [1.807, 2.05) is 0 Å². The van der Waals surface area contributed by atoms with Gasteiger partial charge in [0.05, 0.1) is 11.5 Å². The van der Waals surface area contributed by atoms with Gasteiger partial charge in [0.15, 0.2) is 5.82 Å². The fourth-order valence-electron chi connectivity index (χ4n) is 0.404. The molecule has 46 valence electrons. The van der Waals surface area contributed by atoms with Gasteiger partial charge < -0.3 is 0 Å². The summed E-state index contributed by atoms with van der Waals surface area (Å²) < 4.78 is 0. The van der Waals surface area contributed by atoms with Crippen LogP contribution in [0.1, 0.15) is 0 Å². The summed E-state index contributed by atoms with van der Waals surface area (Å²) in [6, 6.07) is 0. The minimum atomic E-state index is 0.354. The highest BCUT2D eigenvalue weighted by Crippen LogP contribution is 1.94. The van der Waals surface area contributed by atoms with Crippen molar-refractivity contribution in [3.05, 3.63) is 23.5 Å². The molecule has 0 spiro atoms. The minimum absolute atomic E-state index is 0.354. The summed E-state index contributed by atoms with van der Waals surface area (Å²) in [5.41, 5.74) is 2.10. The maximum atomic E-state index is 9.55. The molecule has 0 bridgehead atoms. The van der Waals surface area contributed by atoms with Crippen LogP contribution in [-0.4, -0.2) is 9.97 Å². The largest absolute Gasteiger partial charge is 0.259 e. The van der Waals surface area contributed by atoms with E-state index in [1.165, 1.54) is 18.6 Å². The number of nitrogens with zero attached hydrogens (tertiary/aromatic N) is 3. The van der Waals surface area contributed by atoms with E-state index < -0.39 is 0 Å². The molecule has 0 saturated carbocycles. The molecule has 0 unspecified atom stereocenters. The van der Waals surface area contributed by atoms with Crippen LogP contribution in [0.15, 0.2) is 23.9 Å². The first-order chi connectivity index (χ1) is 4.43. The predicted molar refractivity (Wildman–Crippen MR) is 31.4 cm³/mol. The van der Waals surface area contributed by atoms with Crippen molar-refractivity contribution in [2.45, 2.75) is 0 Å². The molecular weight excluding hydrogens is 120 g/mol. The first kappa shape index (κ1) is 5.61. The summed E-state index contributed by atoms with van der Waals surface area (Å²) in [5.74, 6) is 0.354. The Morgan fingerprint density at radius 2 is 2.44 bits per heavy atom. The summed E-state index contributed by atoms with van der Waals surface area (Å²) >= 11 is 0. The monoisotopic (exact) mass is 124 g/mol. The molecule has 0 saturated heterocycles. The van der Waals surface area contributed by atoms with E-state index in [2.05, 4.69) is 20.7 Å². The highest BCUT2D eigenvalue weighted by Gasteiger charge is 1.85. The van der Waals surface area contributed by atoms with E-state index in [0.717, 1.165) is 0 Å². The van der Waals surface area contributed by atoms with E-state index in [4.69, 9.17) is 0 Å². The molecule has 0 atom stereocenters. The van der Waals surface area contributed by atoms with Gasteiger partial charge in [0.1, 0.15) is 0 Å². The average molecular weight is 124 g/mol. The normalized spacial score (nSPS) is 8.44. The van der Waals surface area contributed by atoms with E-state index in [0.29, 0.717) is 5.82 Å². The average Bonchev–Trinajstić information content (AvgIpc) is 1.91. The van der Waals surface area contributed by atoms with Crippen molar-refractivity contribution in [1.29, 1.82) is 0 Å². The third-order valence-corrected chi connectivity index (χ3v) is 0.723. The number of anilines is 1. The van der Waals surface area contributed by atoms with Crippen LogP contribution in [0.25, 0.3) is 0 Å². The van der Waals surface area contributed by atoms with E-state index in [1.54, 1.807) is 0 Å². The Kier molecular flexibility index (Phi) is 1.69. The Morgan fingerprint density at radius 3 is 3.00 bits per heavy atom. The van der Waals surface area contributed by atoms with Crippen LogP contribution in [-0.2, 0) is 0 Å². The van der Waals surface area contributed by atoms with Crippen LogP contribution >= 0.6 is 0 Å². The molecule has 0 fully saturated rings. The zero-order valence-corrected chi connectivity index (χ0v) is 4.48. The SMILES string of the molecule is O=NNc1cnccn1. The van der Waals surface area contributed by atoms with Crippen LogP contribution in [0.3, 0.4) is 0 Å². The van der Waals surface area contributed by atoms with Crippen molar-refractivity contribution >= 4 is 5.82 Å². The van der Waals surface area contributed by atoms with Gasteiger partial charge in [0, 0.05) is 12.4 Å². The second kappa shape index (κ2) is 2.71. The zero-order chi connectivity index (χ0) is 6.53. The zero-order valence-electron chi connectivity index (χ0n) is 4.48. The lowest BCUT2D eigenvalue weighted by Gasteiger charge is -1.89. The molecule has 0 aliphatic carbocycles. The molecule has 9 heavy (non-hydrogen) atoms. The molecule has 5 nitrogen and oxygen atoms in total. The van der Waals surface area contributed by atoms with Crippen LogP contribution in [0, 0.1) is 4.91 Å². The number of hydrogen-bond acceptors (Lipinski definition) is 4. The van der Waals surface area contributed by atoms with Gasteiger partial charge in [-0.25, -0.2) is 10.4 Å². The summed E-state index contributed by atoms with van der Waals surface area (Å²) in [6.07, 6.45) is 4.38. The highest BCUT2D eigenvalue weighted by atomic mass is 16.3. The fraction of sp³-hybridized carbons (Fsp3) is 0. The quantitative estimate of drug-likeness (QED) is 0.462. The third-order valence-electron chi connectivity index (χ3n) is 0.723. The summed E-state index contributed by atoms with van der Waals surface area (Å²) in [4.78, 5) is 16.9. The van der Waals surface area contributed by atoms with E-state index >= 15 is 0 Å². The van der Waals surface area contributed by atoms with E-state index in [9.17, 15) is 4.91 Å². The maximum Gasteiger partial charge on any atom is 0.167 e. The Morgan fingerprint density at radius 1 is 1.56 bits per heavy atom. The highest BCUT2D eigenvalue weighted by molar-refractivity contribution is 5.27. The molecular formula is C4H4N4O. The molecule has 0 aliphatic rings. The first-order valence-corrected chi connectivity index (χ1v) is 2.28. The van der Waals surface area contributed by atoms with Crippen molar-refractivity contribution in [2.24, 2.45) is 5.29 Å². The Labute approximate surface area is 51.1 Å². The van der Waals surface area contributed by atoms with E-state index in [-0.39, 0.29) is 0 Å². The fourth-order valence-corrected chi connectivity index (χ4v) is 0.404. The molecule has 1 rings (SSSR count). The lowest BCUT2D eigenvalue weighted by Crippen LogP contribution is -1.89. The molecule has 1 aromatic rings. The molecule has 0 aliphatic heterocycles. The van der Waals surface area contributed by atoms with Crippen molar-refractivity contribution in [3.63, 3.8) is 0 Å². The van der Waals surface area contributed by atoms with Crippen LogP contribution < -0.4 is 5.43 Å². The minimum Gasteiger partial charge on any atom is -0.259 e. The van der Waals surface area contributed by atoms with Crippen LogP contribution in [0.4, 0.5) is 5.82 Å².